The summed E-state index contributed by atoms with van der Waals surface area (Å²) in [6.07, 6.45) is 1.83. The molecule has 1 aliphatic heterocycles. The molecule has 0 aliphatic carbocycles. The minimum atomic E-state index is 0.883. The zero-order valence-corrected chi connectivity index (χ0v) is 7.93. The van der Waals surface area contributed by atoms with E-state index in [0.29, 0.717) is 0 Å². The van der Waals surface area contributed by atoms with Crippen LogP contribution in [0, 0.1) is 6.92 Å². The number of nitrogens with one attached hydrogen (secondary N) is 1. The van der Waals surface area contributed by atoms with Crippen LogP contribution in [0.5, 0.6) is 0 Å². The summed E-state index contributed by atoms with van der Waals surface area (Å²) < 4.78 is 0. The molecular weight excluding hydrogens is 160 g/mol. The van der Waals surface area contributed by atoms with Gasteiger partial charge in [-0.2, -0.15) is 0 Å². The molecule has 0 fully saturated rings. The van der Waals surface area contributed by atoms with Gasteiger partial charge in [-0.25, -0.2) is 0 Å². The standard InChI is InChI=1S/C9H10N2.C2H4/c1-6-8-3-4-10-7(2)9(8)5-11-6;1-2/h3-4,11H,1,5H2,2H3;1-2H2. The largest absolute Gasteiger partial charge is 0.381 e. The van der Waals surface area contributed by atoms with Gasteiger partial charge in [0.25, 0.3) is 0 Å². The van der Waals surface area contributed by atoms with Crippen molar-refractivity contribution in [2.45, 2.75) is 13.5 Å². The first-order valence-electron chi connectivity index (χ1n) is 4.16. The highest BCUT2D eigenvalue weighted by Gasteiger charge is 2.14. The molecule has 2 rings (SSSR count). The fraction of sp³-hybridized carbons (Fsp3) is 0.182. The summed E-state index contributed by atoms with van der Waals surface area (Å²) in [4.78, 5) is 4.20. The Balaban J connectivity index is 0.000000396. The Morgan fingerprint density at radius 2 is 2.15 bits per heavy atom. The summed E-state index contributed by atoms with van der Waals surface area (Å²) >= 11 is 0. The molecule has 2 heteroatoms. The number of fused-ring (bicyclic) bond motifs is 1. The van der Waals surface area contributed by atoms with Crippen LogP contribution >= 0.6 is 0 Å². The van der Waals surface area contributed by atoms with Gasteiger partial charge in [0.05, 0.1) is 0 Å². The lowest BCUT2D eigenvalue weighted by Gasteiger charge is -1.98. The predicted octanol–water partition coefficient (Wildman–Crippen LogP) is 2.27. The van der Waals surface area contributed by atoms with Crippen molar-refractivity contribution in [1.29, 1.82) is 0 Å². The van der Waals surface area contributed by atoms with Crippen LogP contribution in [0.2, 0.25) is 0 Å². The SMILES string of the molecule is C=C.C=C1NCc2c1ccnc2C. The second-order valence-electron chi connectivity index (χ2n) is 2.75. The highest BCUT2D eigenvalue weighted by molar-refractivity contribution is 5.68. The fourth-order valence-corrected chi connectivity index (χ4v) is 1.39. The van der Waals surface area contributed by atoms with Crippen LogP contribution in [0.25, 0.3) is 5.70 Å². The third kappa shape index (κ3) is 1.61. The zero-order chi connectivity index (χ0) is 9.84. The van der Waals surface area contributed by atoms with E-state index in [4.69, 9.17) is 0 Å². The van der Waals surface area contributed by atoms with Gasteiger partial charge in [-0.15, -0.1) is 13.2 Å². The van der Waals surface area contributed by atoms with Crippen molar-refractivity contribution in [2.24, 2.45) is 0 Å². The van der Waals surface area contributed by atoms with E-state index in [2.05, 4.69) is 30.0 Å². The Kier molecular flexibility index (Phi) is 2.85. The maximum absolute atomic E-state index is 4.20. The molecule has 0 aromatic carbocycles. The van der Waals surface area contributed by atoms with Gasteiger partial charge < -0.3 is 5.32 Å². The van der Waals surface area contributed by atoms with Gasteiger partial charge in [-0.1, -0.05) is 6.58 Å². The Morgan fingerprint density at radius 1 is 1.46 bits per heavy atom. The molecule has 0 unspecified atom stereocenters. The highest BCUT2D eigenvalue weighted by Crippen LogP contribution is 2.23. The van der Waals surface area contributed by atoms with E-state index in [-0.39, 0.29) is 0 Å². The van der Waals surface area contributed by atoms with Crippen molar-refractivity contribution in [1.82, 2.24) is 10.3 Å². The van der Waals surface area contributed by atoms with E-state index >= 15 is 0 Å². The molecule has 1 aliphatic rings. The molecule has 68 valence electrons. The number of rotatable bonds is 0. The summed E-state index contributed by atoms with van der Waals surface area (Å²) in [7, 11) is 0. The fourth-order valence-electron chi connectivity index (χ4n) is 1.39. The van der Waals surface area contributed by atoms with Crippen molar-refractivity contribution in [3.05, 3.63) is 48.8 Å². The van der Waals surface area contributed by atoms with E-state index in [9.17, 15) is 0 Å². The molecular formula is C11H14N2. The van der Waals surface area contributed by atoms with Crippen LogP contribution in [0.4, 0.5) is 0 Å². The molecule has 0 saturated heterocycles. The zero-order valence-electron chi connectivity index (χ0n) is 7.93. The average Bonchev–Trinajstić information content (AvgIpc) is 2.53. The normalized spacial score (nSPS) is 12.5. The molecule has 0 radical (unpaired) electrons. The summed E-state index contributed by atoms with van der Waals surface area (Å²) in [5.74, 6) is 0. The molecule has 2 nitrogen and oxygen atoms in total. The Labute approximate surface area is 79.0 Å². The van der Waals surface area contributed by atoms with E-state index in [1.54, 1.807) is 0 Å². The molecule has 0 atom stereocenters. The minimum absolute atomic E-state index is 0.883. The molecule has 1 aromatic heterocycles. The Bertz CT molecular complexity index is 329. The number of nitrogens with zero attached hydrogens (tertiary/aromatic N) is 1. The summed E-state index contributed by atoms with van der Waals surface area (Å²) in [5, 5.41) is 3.19. The highest BCUT2D eigenvalue weighted by atomic mass is 14.9. The van der Waals surface area contributed by atoms with E-state index in [1.165, 1.54) is 11.1 Å². The molecule has 0 bridgehead atoms. The van der Waals surface area contributed by atoms with Crippen molar-refractivity contribution < 1.29 is 0 Å². The molecule has 1 N–H and O–H groups in total. The van der Waals surface area contributed by atoms with Crippen LogP contribution < -0.4 is 5.32 Å². The van der Waals surface area contributed by atoms with Crippen molar-refractivity contribution in [2.75, 3.05) is 0 Å². The van der Waals surface area contributed by atoms with Gasteiger partial charge in [-0.05, 0) is 13.0 Å². The smallest absolute Gasteiger partial charge is 0.0429 e. The lowest BCUT2D eigenvalue weighted by atomic mass is 10.1. The second kappa shape index (κ2) is 3.90. The first kappa shape index (κ1) is 9.52. The monoisotopic (exact) mass is 174 g/mol. The predicted molar refractivity (Wildman–Crippen MR) is 56.1 cm³/mol. The van der Waals surface area contributed by atoms with Gasteiger partial charge in [-0.3, -0.25) is 4.98 Å². The number of pyridine rings is 1. The minimum Gasteiger partial charge on any atom is -0.381 e. The number of aryl methyl sites for hydroxylation is 1. The first-order valence-corrected chi connectivity index (χ1v) is 4.16. The molecule has 0 saturated carbocycles. The van der Waals surface area contributed by atoms with Gasteiger partial charge in [0.1, 0.15) is 0 Å². The number of hydrogen-bond donors (Lipinski definition) is 1. The van der Waals surface area contributed by atoms with Gasteiger partial charge in [0.2, 0.25) is 0 Å². The lowest BCUT2D eigenvalue weighted by Crippen LogP contribution is -1.99. The molecule has 0 amide bonds. The summed E-state index contributed by atoms with van der Waals surface area (Å²) in [6, 6.07) is 2.00. The quantitative estimate of drug-likeness (QED) is 0.610. The Morgan fingerprint density at radius 3 is 2.77 bits per heavy atom. The third-order valence-electron chi connectivity index (χ3n) is 2.07. The van der Waals surface area contributed by atoms with Crippen LogP contribution in [-0.2, 0) is 6.54 Å². The van der Waals surface area contributed by atoms with Crippen LogP contribution in [0.15, 0.2) is 32.0 Å². The molecule has 2 heterocycles. The van der Waals surface area contributed by atoms with E-state index in [1.807, 2.05) is 19.2 Å². The van der Waals surface area contributed by atoms with Crippen molar-refractivity contribution in [3.8, 4) is 0 Å². The van der Waals surface area contributed by atoms with Crippen LogP contribution in [0.1, 0.15) is 16.8 Å². The molecule has 0 spiro atoms. The first-order chi connectivity index (χ1) is 6.29. The second-order valence-corrected chi connectivity index (χ2v) is 2.75. The van der Waals surface area contributed by atoms with Crippen molar-refractivity contribution in [3.63, 3.8) is 0 Å². The molecule has 13 heavy (non-hydrogen) atoms. The van der Waals surface area contributed by atoms with Crippen molar-refractivity contribution >= 4 is 5.70 Å². The maximum Gasteiger partial charge on any atom is 0.0429 e. The average molecular weight is 174 g/mol. The van der Waals surface area contributed by atoms with Gasteiger partial charge in [0.15, 0.2) is 0 Å². The number of aromatic nitrogens is 1. The Hall–Kier alpha value is -1.57. The van der Waals surface area contributed by atoms with Gasteiger partial charge >= 0.3 is 0 Å². The maximum atomic E-state index is 4.20. The van der Waals surface area contributed by atoms with Crippen LogP contribution in [0.3, 0.4) is 0 Å². The van der Waals surface area contributed by atoms with Crippen LogP contribution in [-0.4, -0.2) is 4.98 Å². The van der Waals surface area contributed by atoms with E-state index in [0.717, 1.165) is 17.9 Å². The lowest BCUT2D eigenvalue weighted by molar-refractivity contribution is 0.925. The third-order valence-corrected chi connectivity index (χ3v) is 2.07. The molecule has 1 aromatic rings. The van der Waals surface area contributed by atoms with Gasteiger partial charge in [0, 0.05) is 35.3 Å². The van der Waals surface area contributed by atoms with E-state index < -0.39 is 0 Å². The summed E-state index contributed by atoms with van der Waals surface area (Å²) in [5.41, 5.74) is 4.63. The summed E-state index contributed by atoms with van der Waals surface area (Å²) in [6.45, 7) is 12.8. The topological polar surface area (TPSA) is 24.9 Å². The number of hydrogen-bond acceptors (Lipinski definition) is 2.